The van der Waals surface area contributed by atoms with Gasteiger partial charge in [0.2, 0.25) is 0 Å². The number of carbonyl (C=O) groups is 1. The van der Waals surface area contributed by atoms with E-state index in [1.807, 2.05) is 6.92 Å². The van der Waals surface area contributed by atoms with E-state index in [9.17, 15) is 9.90 Å². The summed E-state index contributed by atoms with van der Waals surface area (Å²) in [5.74, 6) is -1.26. The molecule has 0 unspecified atom stereocenters. The molecule has 1 heterocycles. The van der Waals surface area contributed by atoms with Crippen molar-refractivity contribution in [3.8, 4) is 0 Å². The molecule has 15 heavy (non-hydrogen) atoms. The highest BCUT2D eigenvalue weighted by molar-refractivity contribution is 5.70. The minimum atomic E-state index is -0.809. The first kappa shape index (κ1) is 12.5. The molecule has 1 fully saturated rings. The van der Waals surface area contributed by atoms with Crippen molar-refractivity contribution in [3.63, 3.8) is 0 Å². The van der Waals surface area contributed by atoms with Gasteiger partial charge in [0.25, 0.3) is 0 Å². The monoisotopic (exact) mass is 216 g/mol. The topological polar surface area (TPSA) is 66.8 Å². The number of aliphatic hydroxyl groups is 1. The van der Waals surface area contributed by atoms with E-state index in [1.54, 1.807) is 6.92 Å². The minimum Gasteiger partial charge on any atom is -0.481 e. The minimum absolute atomic E-state index is 0.0340. The van der Waals surface area contributed by atoms with E-state index in [0.29, 0.717) is 6.42 Å². The zero-order valence-corrected chi connectivity index (χ0v) is 9.35. The van der Waals surface area contributed by atoms with Gasteiger partial charge in [-0.05, 0) is 32.6 Å². The molecule has 1 rings (SSSR count). The highest BCUT2D eigenvalue weighted by Gasteiger charge is 2.33. The molecule has 1 aliphatic rings. The van der Waals surface area contributed by atoms with Gasteiger partial charge in [-0.25, -0.2) is 0 Å². The van der Waals surface area contributed by atoms with Crippen LogP contribution in [0.5, 0.6) is 0 Å². The van der Waals surface area contributed by atoms with E-state index in [4.69, 9.17) is 9.84 Å². The molecule has 4 heteroatoms. The maximum Gasteiger partial charge on any atom is 0.308 e. The predicted molar refractivity (Wildman–Crippen MR) is 55.6 cm³/mol. The maximum absolute atomic E-state index is 10.7. The number of hydrogen-bond acceptors (Lipinski definition) is 3. The number of carboxylic acid groups (broad SMARTS) is 1. The highest BCUT2D eigenvalue weighted by Crippen LogP contribution is 2.28. The largest absolute Gasteiger partial charge is 0.481 e. The normalized spacial score (nSPS) is 30.1. The van der Waals surface area contributed by atoms with Crippen LogP contribution in [0, 0.1) is 5.92 Å². The number of ether oxygens (including phenoxy) is 1. The molecule has 0 amide bonds. The predicted octanol–water partition coefficient (Wildman–Crippen LogP) is 1.42. The Morgan fingerprint density at radius 1 is 1.53 bits per heavy atom. The summed E-state index contributed by atoms with van der Waals surface area (Å²) in [5.41, 5.74) is 0. The van der Waals surface area contributed by atoms with Gasteiger partial charge in [-0.2, -0.15) is 0 Å². The summed E-state index contributed by atoms with van der Waals surface area (Å²) in [6.07, 6.45) is 2.52. The van der Waals surface area contributed by atoms with Crippen LogP contribution in [-0.2, 0) is 9.53 Å². The summed E-state index contributed by atoms with van der Waals surface area (Å²) >= 11 is 0. The van der Waals surface area contributed by atoms with Crippen molar-refractivity contribution in [1.29, 1.82) is 0 Å². The van der Waals surface area contributed by atoms with Crippen molar-refractivity contribution in [2.45, 2.75) is 57.8 Å². The number of aliphatic hydroxyl groups excluding tert-OH is 1. The second-order valence-corrected chi connectivity index (χ2v) is 4.30. The van der Waals surface area contributed by atoms with Crippen molar-refractivity contribution in [1.82, 2.24) is 0 Å². The van der Waals surface area contributed by atoms with Crippen LogP contribution in [0.25, 0.3) is 0 Å². The van der Waals surface area contributed by atoms with Gasteiger partial charge < -0.3 is 14.9 Å². The summed E-state index contributed by atoms with van der Waals surface area (Å²) in [4.78, 5) is 10.7. The summed E-state index contributed by atoms with van der Waals surface area (Å²) in [5, 5.41) is 18.3. The van der Waals surface area contributed by atoms with Crippen LogP contribution in [0.15, 0.2) is 0 Å². The fourth-order valence-corrected chi connectivity index (χ4v) is 1.90. The molecule has 0 aromatic rings. The molecule has 0 aromatic carbocycles. The summed E-state index contributed by atoms with van der Waals surface area (Å²) < 4.78 is 5.62. The van der Waals surface area contributed by atoms with Gasteiger partial charge in [-0.3, -0.25) is 4.79 Å². The van der Waals surface area contributed by atoms with E-state index in [2.05, 4.69) is 0 Å². The van der Waals surface area contributed by atoms with Crippen LogP contribution in [0.1, 0.15) is 39.5 Å². The third kappa shape index (κ3) is 3.47. The Balaban J connectivity index is 2.35. The van der Waals surface area contributed by atoms with Crippen LogP contribution in [0.4, 0.5) is 0 Å². The number of carboxylic acids is 1. The van der Waals surface area contributed by atoms with Crippen LogP contribution in [0.3, 0.4) is 0 Å². The van der Waals surface area contributed by atoms with Crippen LogP contribution >= 0.6 is 0 Å². The van der Waals surface area contributed by atoms with Gasteiger partial charge in [0.05, 0.1) is 24.2 Å². The Hall–Kier alpha value is -0.610. The Kier molecular flexibility index (Phi) is 4.54. The smallest absolute Gasteiger partial charge is 0.308 e. The molecule has 4 nitrogen and oxygen atoms in total. The lowest BCUT2D eigenvalue weighted by atomic mass is 10.0. The molecular formula is C11H20O4. The second-order valence-electron chi connectivity index (χ2n) is 4.30. The zero-order chi connectivity index (χ0) is 11.4. The maximum atomic E-state index is 10.7. The zero-order valence-electron chi connectivity index (χ0n) is 9.35. The lowest BCUT2D eigenvalue weighted by molar-refractivity contribution is -0.146. The van der Waals surface area contributed by atoms with E-state index in [1.165, 1.54) is 0 Å². The van der Waals surface area contributed by atoms with Crippen LogP contribution < -0.4 is 0 Å². The second kappa shape index (κ2) is 5.47. The molecule has 88 valence electrons. The number of aliphatic carboxylic acids is 1. The van der Waals surface area contributed by atoms with E-state index in [0.717, 1.165) is 19.3 Å². The van der Waals surface area contributed by atoms with Crippen LogP contribution in [-0.4, -0.2) is 34.5 Å². The number of rotatable bonds is 5. The van der Waals surface area contributed by atoms with E-state index >= 15 is 0 Å². The third-order valence-electron chi connectivity index (χ3n) is 3.09. The summed E-state index contributed by atoms with van der Waals surface area (Å²) in [6, 6.07) is 0. The molecule has 1 saturated heterocycles. The first-order valence-electron chi connectivity index (χ1n) is 5.61. The molecule has 1 aliphatic heterocycles. The fourth-order valence-electron chi connectivity index (χ4n) is 1.90. The Morgan fingerprint density at radius 2 is 2.20 bits per heavy atom. The van der Waals surface area contributed by atoms with Gasteiger partial charge in [-0.15, -0.1) is 0 Å². The van der Waals surface area contributed by atoms with Gasteiger partial charge in [-0.1, -0.05) is 6.92 Å². The van der Waals surface area contributed by atoms with E-state index < -0.39 is 11.9 Å². The molecule has 0 radical (unpaired) electrons. The molecule has 0 aromatic heterocycles. The third-order valence-corrected chi connectivity index (χ3v) is 3.09. The molecule has 2 N–H and O–H groups in total. The Morgan fingerprint density at radius 3 is 2.73 bits per heavy atom. The van der Waals surface area contributed by atoms with Gasteiger partial charge in [0, 0.05) is 0 Å². The van der Waals surface area contributed by atoms with E-state index in [-0.39, 0.29) is 18.3 Å². The average Bonchev–Trinajstić information content (AvgIpc) is 2.64. The first-order chi connectivity index (χ1) is 7.04. The lowest BCUT2D eigenvalue weighted by Gasteiger charge is -2.18. The Bertz CT molecular complexity index is 217. The quantitative estimate of drug-likeness (QED) is 0.729. The average molecular weight is 216 g/mol. The Labute approximate surface area is 90.2 Å². The molecule has 4 atom stereocenters. The fraction of sp³-hybridized carbons (Fsp3) is 0.909. The summed E-state index contributed by atoms with van der Waals surface area (Å²) in [7, 11) is 0. The molecular weight excluding hydrogens is 196 g/mol. The standard InChI is InChI=1S/C11H20O4/c1-3-8(12)6-9-4-5-10(15-9)7(2)11(13)14/h7-10,12H,3-6H2,1-2H3,(H,13,14)/t7-,8+,9-,10+/m1/s1. The highest BCUT2D eigenvalue weighted by atomic mass is 16.5. The van der Waals surface area contributed by atoms with Crippen LogP contribution in [0.2, 0.25) is 0 Å². The van der Waals surface area contributed by atoms with Crippen molar-refractivity contribution in [2.75, 3.05) is 0 Å². The lowest BCUT2D eigenvalue weighted by Crippen LogP contribution is -2.26. The number of hydrogen-bond donors (Lipinski definition) is 2. The molecule has 0 bridgehead atoms. The van der Waals surface area contributed by atoms with Crippen molar-refractivity contribution < 1.29 is 19.7 Å². The molecule has 0 saturated carbocycles. The molecule has 0 spiro atoms. The van der Waals surface area contributed by atoms with Crippen molar-refractivity contribution >= 4 is 5.97 Å². The molecule has 0 aliphatic carbocycles. The van der Waals surface area contributed by atoms with Gasteiger partial charge in [0.1, 0.15) is 0 Å². The van der Waals surface area contributed by atoms with Crippen molar-refractivity contribution in [3.05, 3.63) is 0 Å². The first-order valence-corrected chi connectivity index (χ1v) is 5.61. The SMILES string of the molecule is CC[C@H](O)C[C@H]1CC[C@@H]([C@@H](C)C(=O)O)O1. The van der Waals surface area contributed by atoms with Crippen molar-refractivity contribution in [2.24, 2.45) is 5.92 Å². The van der Waals surface area contributed by atoms with Gasteiger partial charge >= 0.3 is 5.97 Å². The van der Waals surface area contributed by atoms with Gasteiger partial charge in [0.15, 0.2) is 0 Å². The summed E-state index contributed by atoms with van der Waals surface area (Å²) in [6.45, 7) is 3.60.